The van der Waals surface area contributed by atoms with E-state index in [1.165, 1.54) is 11.1 Å². The van der Waals surface area contributed by atoms with Crippen molar-refractivity contribution in [2.24, 2.45) is 11.8 Å². The number of nitrogens with zero attached hydrogens (tertiary/aromatic N) is 4. The average Bonchev–Trinajstić information content (AvgIpc) is 3.49. The minimum atomic E-state index is 0.299. The van der Waals surface area contributed by atoms with Crippen molar-refractivity contribution in [3.05, 3.63) is 73.1 Å². The highest BCUT2D eigenvalue weighted by molar-refractivity contribution is 5.82. The number of pyridine rings is 1. The SMILES string of the molecule is O=C(C1CC1)N1CCC(Cn2c(-c3ccc(-c4ccccc4)cc3)nc3cnccc32)C1. The lowest BCUT2D eigenvalue weighted by atomic mass is 10.0. The molecule has 1 aliphatic heterocycles. The number of rotatable bonds is 5. The normalized spacial score (nSPS) is 18.4. The van der Waals surface area contributed by atoms with Crippen molar-refractivity contribution in [3.63, 3.8) is 0 Å². The Morgan fingerprint density at radius 2 is 1.66 bits per heavy atom. The number of imidazole rings is 1. The summed E-state index contributed by atoms with van der Waals surface area (Å²) in [5.74, 6) is 2.08. The molecule has 1 unspecified atom stereocenters. The molecular weight excluding hydrogens is 396 g/mol. The maximum atomic E-state index is 12.5. The summed E-state index contributed by atoms with van der Waals surface area (Å²) in [7, 11) is 0. The van der Waals surface area contributed by atoms with Gasteiger partial charge in [0.2, 0.25) is 5.91 Å². The Bertz CT molecular complexity index is 1260. The molecule has 2 aliphatic rings. The summed E-state index contributed by atoms with van der Waals surface area (Å²) in [6.07, 6.45) is 6.87. The molecule has 160 valence electrons. The van der Waals surface area contributed by atoms with E-state index in [2.05, 4.69) is 63.0 Å². The number of aromatic nitrogens is 3. The highest BCUT2D eigenvalue weighted by Crippen LogP contribution is 2.34. The van der Waals surface area contributed by atoms with E-state index in [4.69, 9.17) is 4.98 Å². The fourth-order valence-corrected chi connectivity index (χ4v) is 4.86. The number of amides is 1. The fraction of sp³-hybridized carbons (Fsp3) is 0.296. The van der Waals surface area contributed by atoms with E-state index in [1.54, 1.807) is 0 Å². The first-order valence-corrected chi connectivity index (χ1v) is 11.5. The van der Waals surface area contributed by atoms with Gasteiger partial charge in [-0.2, -0.15) is 0 Å². The second-order valence-electron chi connectivity index (χ2n) is 9.07. The zero-order valence-corrected chi connectivity index (χ0v) is 18.0. The van der Waals surface area contributed by atoms with E-state index in [0.29, 0.717) is 17.7 Å². The standard InChI is InChI=1S/C27H26N4O/c32-27(23-10-11-23)30-15-13-19(17-30)18-31-25-12-14-28-16-24(25)29-26(31)22-8-6-21(7-9-22)20-4-2-1-3-5-20/h1-9,12,14,16,19,23H,10-11,13,15,17-18H2. The third kappa shape index (κ3) is 3.58. The smallest absolute Gasteiger partial charge is 0.225 e. The van der Waals surface area contributed by atoms with Crippen molar-refractivity contribution in [2.75, 3.05) is 13.1 Å². The van der Waals surface area contributed by atoms with Crippen LogP contribution >= 0.6 is 0 Å². The first-order valence-electron chi connectivity index (χ1n) is 11.5. The van der Waals surface area contributed by atoms with Crippen LogP contribution in [0.3, 0.4) is 0 Å². The minimum absolute atomic E-state index is 0.299. The first-order chi connectivity index (χ1) is 15.8. The number of hydrogen-bond acceptors (Lipinski definition) is 3. The largest absolute Gasteiger partial charge is 0.342 e. The Balaban J connectivity index is 1.30. The Labute approximate surface area is 187 Å². The van der Waals surface area contributed by atoms with Crippen LogP contribution < -0.4 is 0 Å². The molecule has 2 fully saturated rings. The number of carbonyl (C=O) groups is 1. The van der Waals surface area contributed by atoms with Crippen LogP contribution in [0, 0.1) is 11.8 Å². The molecule has 0 spiro atoms. The molecule has 2 aromatic heterocycles. The average molecular weight is 423 g/mol. The number of fused-ring (bicyclic) bond motifs is 1. The second kappa shape index (κ2) is 7.90. The van der Waals surface area contributed by atoms with Crippen molar-refractivity contribution in [3.8, 4) is 22.5 Å². The van der Waals surface area contributed by atoms with E-state index in [1.807, 2.05) is 24.5 Å². The zero-order valence-electron chi connectivity index (χ0n) is 18.0. The van der Waals surface area contributed by atoms with Crippen LogP contribution in [0.4, 0.5) is 0 Å². The van der Waals surface area contributed by atoms with Crippen molar-refractivity contribution in [1.29, 1.82) is 0 Å². The predicted octanol–water partition coefficient (Wildman–Crippen LogP) is 5.02. The van der Waals surface area contributed by atoms with Gasteiger partial charge in [0.25, 0.3) is 0 Å². The Morgan fingerprint density at radius 3 is 2.44 bits per heavy atom. The number of carbonyl (C=O) groups excluding carboxylic acids is 1. The van der Waals surface area contributed by atoms with Crippen LogP contribution in [-0.2, 0) is 11.3 Å². The lowest BCUT2D eigenvalue weighted by molar-refractivity contribution is -0.131. The fourth-order valence-electron chi connectivity index (χ4n) is 4.86. The van der Waals surface area contributed by atoms with Gasteiger partial charge in [-0.15, -0.1) is 0 Å². The third-order valence-electron chi connectivity index (χ3n) is 6.77. The van der Waals surface area contributed by atoms with Gasteiger partial charge in [-0.3, -0.25) is 9.78 Å². The monoisotopic (exact) mass is 422 g/mol. The highest BCUT2D eigenvalue weighted by Gasteiger charge is 2.36. The molecule has 1 saturated carbocycles. The maximum Gasteiger partial charge on any atom is 0.225 e. The van der Waals surface area contributed by atoms with Crippen molar-refractivity contribution < 1.29 is 4.79 Å². The van der Waals surface area contributed by atoms with Gasteiger partial charge in [0.05, 0.1) is 11.7 Å². The van der Waals surface area contributed by atoms with Crippen LogP contribution in [0.2, 0.25) is 0 Å². The second-order valence-corrected chi connectivity index (χ2v) is 9.07. The number of likely N-dealkylation sites (tertiary alicyclic amines) is 1. The summed E-state index contributed by atoms with van der Waals surface area (Å²) in [6, 6.07) is 21.1. The lowest BCUT2D eigenvalue weighted by Gasteiger charge is -2.18. The van der Waals surface area contributed by atoms with E-state index < -0.39 is 0 Å². The Morgan fingerprint density at radius 1 is 0.906 bits per heavy atom. The molecular formula is C27H26N4O. The van der Waals surface area contributed by atoms with Gasteiger partial charge < -0.3 is 9.47 Å². The molecule has 1 amide bonds. The van der Waals surface area contributed by atoms with Crippen LogP contribution in [-0.4, -0.2) is 38.4 Å². The zero-order chi connectivity index (χ0) is 21.5. The lowest BCUT2D eigenvalue weighted by Crippen LogP contribution is -2.30. The Hall–Kier alpha value is -3.47. The molecule has 32 heavy (non-hydrogen) atoms. The number of hydrogen-bond donors (Lipinski definition) is 0. The first kappa shape index (κ1) is 19.2. The van der Waals surface area contributed by atoms with Gasteiger partial charge in [0.1, 0.15) is 11.3 Å². The molecule has 0 N–H and O–H groups in total. The van der Waals surface area contributed by atoms with Crippen LogP contribution in [0.1, 0.15) is 19.3 Å². The summed E-state index contributed by atoms with van der Waals surface area (Å²) in [4.78, 5) is 23.8. The third-order valence-corrected chi connectivity index (χ3v) is 6.77. The van der Waals surface area contributed by atoms with E-state index in [0.717, 1.165) is 61.3 Å². The quantitative estimate of drug-likeness (QED) is 0.454. The number of benzene rings is 2. The molecule has 1 atom stereocenters. The molecule has 2 aromatic carbocycles. The van der Waals surface area contributed by atoms with Gasteiger partial charge >= 0.3 is 0 Å². The summed E-state index contributed by atoms with van der Waals surface area (Å²) in [5, 5.41) is 0. The van der Waals surface area contributed by atoms with E-state index in [9.17, 15) is 4.79 Å². The van der Waals surface area contributed by atoms with Gasteiger partial charge in [-0.1, -0.05) is 54.6 Å². The van der Waals surface area contributed by atoms with E-state index in [-0.39, 0.29) is 0 Å². The molecule has 1 aliphatic carbocycles. The Kier molecular flexibility index (Phi) is 4.75. The highest BCUT2D eigenvalue weighted by atomic mass is 16.2. The molecule has 6 rings (SSSR count). The molecule has 1 saturated heterocycles. The molecule has 4 aromatic rings. The molecule has 0 bridgehead atoms. The van der Waals surface area contributed by atoms with Crippen molar-refractivity contribution in [1.82, 2.24) is 19.4 Å². The predicted molar refractivity (Wildman–Crippen MR) is 126 cm³/mol. The van der Waals surface area contributed by atoms with Gasteiger partial charge in [0.15, 0.2) is 0 Å². The van der Waals surface area contributed by atoms with Crippen molar-refractivity contribution in [2.45, 2.75) is 25.8 Å². The molecule has 3 heterocycles. The van der Waals surface area contributed by atoms with Gasteiger partial charge in [-0.05, 0) is 42.4 Å². The van der Waals surface area contributed by atoms with Gasteiger partial charge in [-0.25, -0.2) is 4.98 Å². The molecule has 0 radical (unpaired) electrons. The summed E-state index contributed by atoms with van der Waals surface area (Å²) in [6.45, 7) is 2.60. The summed E-state index contributed by atoms with van der Waals surface area (Å²) < 4.78 is 2.32. The van der Waals surface area contributed by atoms with Gasteiger partial charge in [0, 0.05) is 37.3 Å². The minimum Gasteiger partial charge on any atom is -0.342 e. The maximum absolute atomic E-state index is 12.5. The molecule has 5 nitrogen and oxygen atoms in total. The van der Waals surface area contributed by atoms with Crippen LogP contribution in [0.15, 0.2) is 73.1 Å². The van der Waals surface area contributed by atoms with E-state index >= 15 is 0 Å². The summed E-state index contributed by atoms with van der Waals surface area (Å²) >= 11 is 0. The van der Waals surface area contributed by atoms with Crippen LogP contribution in [0.5, 0.6) is 0 Å². The van der Waals surface area contributed by atoms with Crippen LogP contribution in [0.25, 0.3) is 33.5 Å². The summed E-state index contributed by atoms with van der Waals surface area (Å²) in [5.41, 5.74) is 5.53. The molecule has 5 heteroatoms. The topological polar surface area (TPSA) is 51.0 Å². The van der Waals surface area contributed by atoms with Crippen molar-refractivity contribution >= 4 is 16.9 Å².